The fraction of sp³-hybridized carbons (Fsp3) is 0.278. The molecule has 3 rings (SSSR count). The number of para-hydroxylation sites is 1. The molecule has 1 atom stereocenters. The van der Waals surface area contributed by atoms with Crippen molar-refractivity contribution in [3.05, 3.63) is 59.7 Å². The normalized spacial score (nSPS) is 16.5. The van der Waals surface area contributed by atoms with Gasteiger partial charge < -0.3 is 14.8 Å². The highest BCUT2D eigenvalue weighted by molar-refractivity contribution is 5.79. The number of hydrogen-bond acceptors (Lipinski definition) is 3. The number of carbonyl (C=O) groups excluding carboxylic acids is 1. The zero-order valence-corrected chi connectivity index (χ0v) is 13.2. The van der Waals surface area contributed by atoms with Gasteiger partial charge in [0.25, 0.3) is 0 Å². The molecule has 4 nitrogen and oxygen atoms in total. The first-order valence-electron chi connectivity index (χ1n) is 7.74. The monoisotopic (exact) mass is 351 g/mol. The van der Waals surface area contributed by atoms with E-state index in [1.807, 2.05) is 24.3 Å². The van der Waals surface area contributed by atoms with E-state index in [4.69, 9.17) is 4.74 Å². The van der Waals surface area contributed by atoms with E-state index in [-0.39, 0.29) is 24.1 Å². The number of benzene rings is 2. The second-order valence-corrected chi connectivity index (χ2v) is 5.73. The Hall–Kier alpha value is -2.70. The van der Waals surface area contributed by atoms with E-state index in [0.29, 0.717) is 18.6 Å². The third kappa shape index (κ3) is 4.65. The van der Waals surface area contributed by atoms with Crippen LogP contribution in [0.4, 0.5) is 13.2 Å². The van der Waals surface area contributed by atoms with Crippen molar-refractivity contribution in [2.45, 2.75) is 19.3 Å². The van der Waals surface area contributed by atoms with Crippen LogP contribution in [-0.2, 0) is 17.8 Å². The second-order valence-electron chi connectivity index (χ2n) is 5.73. The summed E-state index contributed by atoms with van der Waals surface area (Å²) in [5, 5.41) is 2.79. The summed E-state index contributed by atoms with van der Waals surface area (Å²) in [6.45, 7) is 0.532. The summed E-state index contributed by atoms with van der Waals surface area (Å²) in [5.41, 5.74) is 1.67. The van der Waals surface area contributed by atoms with E-state index >= 15 is 0 Å². The number of halogens is 3. The molecule has 0 fully saturated rings. The van der Waals surface area contributed by atoms with Crippen LogP contribution in [0.5, 0.6) is 11.5 Å². The maximum atomic E-state index is 12.3. The van der Waals surface area contributed by atoms with Crippen LogP contribution in [0.1, 0.15) is 11.1 Å². The summed E-state index contributed by atoms with van der Waals surface area (Å²) < 4.78 is 45.7. The summed E-state index contributed by atoms with van der Waals surface area (Å²) in [7, 11) is 0. The van der Waals surface area contributed by atoms with Gasteiger partial charge in [0.2, 0.25) is 5.91 Å². The maximum Gasteiger partial charge on any atom is 0.573 e. The lowest BCUT2D eigenvalue weighted by molar-refractivity contribution is -0.274. The van der Waals surface area contributed by atoms with E-state index in [2.05, 4.69) is 10.1 Å². The lowest BCUT2D eigenvalue weighted by Crippen LogP contribution is -2.37. The minimum Gasteiger partial charge on any atom is -0.492 e. The SMILES string of the molecule is O=C(NCc1ccc(OC(F)(F)F)cc1)C1COc2ccccc2C1. The fourth-order valence-electron chi connectivity index (χ4n) is 2.64. The highest BCUT2D eigenvalue weighted by atomic mass is 19.4. The average molecular weight is 351 g/mol. The predicted octanol–water partition coefficient (Wildman–Crippen LogP) is 3.45. The van der Waals surface area contributed by atoms with Crippen LogP contribution in [0.3, 0.4) is 0 Å². The zero-order chi connectivity index (χ0) is 17.9. The number of ether oxygens (including phenoxy) is 2. The Kier molecular flexibility index (Phi) is 4.83. The molecular weight excluding hydrogens is 335 g/mol. The predicted molar refractivity (Wildman–Crippen MR) is 84.1 cm³/mol. The summed E-state index contributed by atoms with van der Waals surface area (Å²) in [5.74, 6) is 0.0690. The maximum absolute atomic E-state index is 12.3. The van der Waals surface area contributed by atoms with Crippen LogP contribution < -0.4 is 14.8 Å². The molecule has 0 bridgehead atoms. The van der Waals surface area contributed by atoms with Gasteiger partial charge in [0, 0.05) is 6.54 Å². The molecule has 2 aromatic rings. The fourth-order valence-corrected chi connectivity index (χ4v) is 2.64. The van der Waals surface area contributed by atoms with Crippen LogP contribution in [0.15, 0.2) is 48.5 Å². The van der Waals surface area contributed by atoms with Crippen molar-refractivity contribution in [2.75, 3.05) is 6.61 Å². The van der Waals surface area contributed by atoms with Gasteiger partial charge in [-0.3, -0.25) is 4.79 Å². The number of amides is 1. The van der Waals surface area contributed by atoms with E-state index in [1.54, 1.807) is 0 Å². The number of alkyl halides is 3. The third-order valence-electron chi connectivity index (χ3n) is 3.87. The van der Waals surface area contributed by atoms with E-state index in [1.165, 1.54) is 24.3 Å². The van der Waals surface area contributed by atoms with Crippen molar-refractivity contribution >= 4 is 5.91 Å². The Balaban J connectivity index is 1.53. The molecule has 1 aliphatic rings. The number of fused-ring (bicyclic) bond motifs is 1. The molecule has 132 valence electrons. The third-order valence-corrected chi connectivity index (χ3v) is 3.87. The van der Waals surface area contributed by atoms with Crippen molar-refractivity contribution < 1.29 is 27.4 Å². The highest BCUT2D eigenvalue weighted by Crippen LogP contribution is 2.27. The minimum absolute atomic E-state index is 0.148. The van der Waals surface area contributed by atoms with Crippen LogP contribution in [0.2, 0.25) is 0 Å². The van der Waals surface area contributed by atoms with Gasteiger partial charge in [-0.1, -0.05) is 30.3 Å². The van der Waals surface area contributed by atoms with Crippen molar-refractivity contribution in [3.8, 4) is 11.5 Å². The molecule has 0 spiro atoms. The molecule has 1 heterocycles. The Bertz CT molecular complexity index is 744. The van der Waals surface area contributed by atoms with Crippen molar-refractivity contribution in [3.63, 3.8) is 0 Å². The van der Waals surface area contributed by atoms with Crippen LogP contribution in [0.25, 0.3) is 0 Å². The molecule has 0 aliphatic carbocycles. The van der Waals surface area contributed by atoms with Crippen LogP contribution >= 0.6 is 0 Å². The minimum atomic E-state index is -4.72. The molecule has 0 radical (unpaired) electrons. The molecule has 2 aromatic carbocycles. The van der Waals surface area contributed by atoms with Gasteiger partial charge in [0.05, 0.1) is 5.92 Å². The van der Waals surface area contributed by atoms with Crippen molar-refractivity contribution in [1.29, 1.82) is 0 Å². The Morgan fingerprint density at radius 2 is 1.88 bits per heavy atom. The van der Waals surface area contributed by atoms with Gasteiger partial charge >= 0.3 is 6.36 Å². The smallest absolute Gasteiger partial charge is 0.492 e. The van der Waals surface area contributed by atoms with Gasteiger partial charge in [0.1, 0.15) is 18.1 Å². The van der Waals surface area contributed by atoms with E-state index < -0.39 is 6.36 Å². The number of hydrogen-bond donors (Lipinski definition) is 1. The summed E-state index contributed by atoms with van der Waals surface area (Å²) in [6, 6.07) is 13.0. The molecular formula is C18H16F3NO3. The number of carbonyl (C=O) groups is 1. The first kappa shape index (κ1) is 17.1. The van der Waals surface area contributed by atoms with Gasteiger partial charge in [-0.15, -0.1) is 13.2 Å². The highest BCUT2D eigenvalue weighted by Gasteiger charge is 2.31. The van der Waals surface area contributed by atoms with Gasteiger partial charge in [-0.25, -0.2) is 0 Å². The average Bonchev–Trinajstić information content (AvgIpc) is 2.59. The standard InChI is InChI=1S/C18H16F3NO3/c19-18(20,21)25-15-7-5-12(6-8-15)10-22-17(23)14-9-13-3-1-2-4-16(13)24-11-14/h1-8,14H,9-11H2,(H,22,23). The number of nitrogens with one attached hydrogen (secondary N) is 1. The quantitative estimate of drug-likeness (QED) is 0.918. The molecule has 0 saturated carbocycles. The Labute approximate surface area is 142 Å². The number of rotatable bonds is 4. The van der Waals surface area contributed by atoms with Gasteiger partial charge in [-0.05, 0) is 35.7 Å². The van der Waals surface area contributed by atoms with Gasteiger partial charge in [-0.2, -0.15) is 0 Å². The molecule has 1 aliphatic heterocycles. The second kappa shape index (κ2) is 7.04. The van der Waals surface area contributed by atoms with Crippen LogP contribution in [0, 0.1) is 5.92 Å². The molecule has 1 N–H and O–H groups in total. The first-order valence-corrected chi connectivity index (χ1v) is 7.74. The first-order chi connectivity index (χ1) is 11.9. The van der Waals surface area contributed by atoms with Crippen molar-refractivity contribution in [1.82, 2.24) is 5.32 Å². The molecule has 1 unspecified atom stereocenters. The van der Waals surface area contributed by atoms with Crippen molar-refractivity contribution in [2.24, 2.45) is 5.92 Å². The molecule has 25 heavy (non-hydrogen) atoms. The molecule has 1 amide bonds. The summed E-state index contributed by atoms with van der Waals surface area (Å²) >= 11 is 0. The van der Waals surface area contributed by atoms with Crippen LogP contribution in [-0.4, -0.2) is 18.9 Å². The van der Waals surface area contributed by atoms with E-state index in [9.17, 15) is 18.0 Å². The summed E-state index contributed by atoms with van der Waals surface area (Å²) in [6.07, 6.45) is -4.12. The van der Waals surface area contributed by atoms with E-state index in [0.717, 1.165) is 11.3 Å². The topological polar surface area (TPSA) is 47.6 Å². The zero-order valence-electron chi connectivity index (χ0n) is 13.2. The molecule has 0 saturated heterocycles. The Morgan fingerprint density at radius 3 is 2.60 bits per heavy atom. The Morgan fingerprint density at radius 1 is 1.16 bits per heavy atom. The van der Waals surface area contributed by atoms with Gasteiger partial charge in [0.15, 0.2) is 0 Å². The molecule has 7 heteroatoms. The summed E-state index contributed by atoms with van der Waals surface area (Å²) in [4.78, 5) is 12.3. The largest absolute Gasteiger partial charge is 0.573 e. The lowest BCUT2D eigenvalue weighted by atomic mass is 9.96. The lowest BCUT2D eigenvalue weighted by Gasteiger charge is -2.24. The molecule has 0 aromatic heterocycles.